The van der Waals surface area contributed by atoms with Crippen LogP contribution < -0.4 is 5.32 Å². The van der Waals surface area contributed by atoms with Crippen LogP contribution in [0.2, 0.25) is 0 Å². The predicted octanol–water partition coefficient (Wildman–Crippen LogP) is -1.17. The van der Waals surface area contributed by atoms with Crippen LogP contribution in [0, 0.1) is 0 Å². The summed E-state index contributed by atoms with van der Waals surface area (Å²) in [6.07, 6.45) is 2.39. The first-order valence-corrected chi connectivity index (χ1v) is 3.57. The molecule has 0 aromatic rings. The number of amides is 2. The van der Waals surface area contributed by atoms with Crippen LogP contribution in [0.4, 0.5) is 0 Å². The molecule has 0 atom stereocenters. The average Bonchev–Trinajstić information content (AvgIpc) is 2.13. The summed E-state index contributed by atoms with van der Waals surface area (Å²) < 4.78 is 8.70. The number of imide groups is 1. The molecular weight excluding hydrogens is 173 g/mol. The topological polar surface area (TPSA) is 104 Å². The van der Waals surface area contributed by atoms with Crippen LogP contribution in [0.15, 0.2) is 12.2 Å². The molecule has 0 radical (unpaired) electrons. The molecule has 1 aliphatic heterocycles. The van der Waals surface area contributed by atoms with Gasteiger partial charge in [-0.2, -0.15) is 0 Å². The Kier molecular flexibility index (Phi) is 4.21. The molecule has 0 bridgehead atoms. The van der Waals surface area contributed by atoms with Crippen molar-refractivity contribution in [2.45, 2.75) is 0 Å². The quantitative estimate of drug-likeness (QED) is 0.320. The van der Waals surface area contributed by atoms with E-state index in [9.17, 15) is 9.59 Å². The Morgan fingerprint density at radius 1 is 1.18 bits per heavy atom. The molecule has 1 rings (SSSR count). The van der Waals surface area contributed by atoms with Crippen molar-refractivity contribution >= 4 is 20.1 Å². The molecule has 0 saturated heterocycles. The Hall–Kier alpha value is -1.10. The van der Waals surface area contributed by atoms with Crippen molar-refractivity contribution in [2.75, 3.05) is 0 Å². The normalized spacial score (nSPS) is 13.6. The summed E-state index contributed by atoms with van der Waals surface area (Å²) in [6, 6.07) is 0. The van der Waals surface area contributed by atoms with Gasteiger partial charge in [-0.25, -0.2) is 0 Å². The lowest BCUT2D eigenvalue weighted by Gasteiger charge is -1.80. The Morgan fingerprint density at radius 2 is 1.45 bits per heavy atom. The zero-order chi connectivity index (χ0) is 8.85. The molecule has 0 aliphatic carbocycles. The van der Waals surface area contributed by atoms with Crippen molar-refractivity contribution in [2.24, 2.45) is 0 Å². The minimum atomic E-state index is -2.87. The fraction of sp³-hybridized carbons (Fsp3) is 0. The van der Waals surface area contributed by atoms with Crippen molar-refractivity contribution in [3.05, 3.63) is 12.2 Å². The Balaban J connectivity index is 0.000000218. The van der Waals surface area contributed by atoms with Gasteiger partial charge in [-0.15, -0.1) is 9.79 Å². The summed E-state index contributed by atoms with van der Waals surface area (Å²) >= 11 is 0. The molecule has 0 aromatic heterocycles. The van der Waals surface area contributed by atoms with Gasteiger partial charge in [0.25, 0.3) is 11.8 Å². The zero-order valence-corrected chi connectivity index (χ0v) is 6.12. The molecular formula is C4H5NO5P+. The van der Waals surface area contributed by atoms with E-state index in [1.165, 1.54) is 12.2 Å². The lowest BCUT2D eigenvalue weighted by Crippen LogP contribution is -2.19. The van der Waals surface area contributed by atoms with E-state index in [1.807, 2.05) is 5.32 Å². The van der Waals surface area contributed by atoms with Crippen LogP contribution in [0.1, 0.15) is 0 Å². The van der Waals surface area contributed by atoms with Gasteiger partial charge in [-0.05, 0) is 0 Å². The van der Waals surface area contributed by atoms with E-state index in [1.54, 1.807) is 0 Å². The molecule has 2 amide bonds. The van der Waals surface area contributed by atoms with Crippen molar-refractivity contribution in [3.8, 4) is 0 Å². The molecule has 0 unspecified atom stereocenters. The highest BCUT2D eigenvalue weighted by Crippen LogP contribution is 1.98. The Morgan fingerprint density at radius 3 is 1.55 bits per heavy atom. The Bertz CT molecular complexity index is 203. The van der Waals surface area contributed by atoms with E-state index in [0.29, 0.717) is 0 Å². The van der Waals surface area contributed by atoms with Crippen molar-refractivity contribution < 1.29 is 23.9 Å². The van der Waals surface area contributed by atoms with Crippen molar-refractivity contribution in [1.82, 2.24) is 5.32 Å². The maximum Gasteiger partial charge on any atom is 0.692 e. The summed E-state index contributed by atoms with van der Waals surface area (Å²) in [5.74, 6) is -0.657. The van der Waals surface area contributed by atoms with Gasteiger partial charge in [-0.3, -0.25) is 14.9 Å². The second-order valence-corrected chi connectivity index (χ2v) is 1.95. The third-order valence-electron chi connectivity index (χ3n) is 0.632. The van der Waals surface area contributed by atoms with Crippen molar-refractivity contribution in [3.63, 3.8) is 0 Å². The van der Waals surface area contributed by atoms with Gasteiger partial charge in [0.1, 0.15) is 0 Å². The molecule has 3 N–H and O–H groups in total. The van der Waals surface area contributed by atoms with E-state index in [2.05, 4.69) is 0 Å². The van der Waals surface area contributed by atoms with Crippen LogP contribution in [0.3, 0.4) is 0 Å². The molecule has 0 saturated carbocycles. The molecule has 1 heterocycles. The van der Waals surface area contributed by atoms with Gasteiger partial charge in [-0.1, -0.05) is 0 Å². The first-order valence-electron chi connectivity index (χ1n) is 2.40. The first-order chi connectivity index (χ1) is 5.02. The summed E-state index contributed by atoms with van der Waals surface area (Å²) in [6.45, 7) is 0. The highest BCUT2D eigenvalue weighted by atomic mass is 31.1. The van der Waals surface area contributed by atoms with E-state index in [0.717, 1.165) is 0 Å². The SMILES string of the molecule is O=C1C=CC(=O)N1.O=[P+](O)O. The lowest BCUT2D eigenvalue weighted by molar-refractivity contribution is -0.123. The summed E-state index contributed by atoms with van der Waals surface area (Å²) in [4.78, 5) is 34.3. The Labute approximate surface area is 62.5 Å². The summed E-state index contributed by atoms with van der Waals surface area (Å²) in [7, 11) is -2.87. The molecule has 0 fully saturated rings. The first kappa shape index (κ1) is 9.90. The van der Waals surface area contributed by atoms with Gasteiger partial charge in [0.2, 0.25) is 0 Å². The van der Waals surface area contributed by atoms with E-state index < -0.39 is 8.25 Å². The maximum absolute atomic E-state index is 10.0. The standard InChI is InChI=1S/C4H3NO2.HO3P/c6-3-1-2-4(7)5-3;1-4(2)3/h1-2H,(H,5,6,7);(H-,1,2,3)/p+1. The second-order valence-electron chi connectivity index (χ2n) is 1.44. The average molecular weight is 178 g/mol. The smallest absolute Gasteiger partial charge is 0.289 e. The highest BCUT2D eigenvalue weighted by molar-refractivity contribution is 7.30. The number of rotatable bonds is 0. The summed E-state index contributed by atoms with van der Waals surface area (Å²) in [5, 5.41) is 2.03. The van der Waals surface area contributed by atoms with Gasteiger partial charge < -0.3 is 0 Å². The van der Waals surface area contributed by atoms with E-state index in [-0.39, 0.29) is 11.8 Å². The fourth-order valence-electron chi connectivity index (χ4n) is 0.356. The molecule has 1 aliphatic rings. The molecule has 7 heteroatoms. The molecule has 60 valence electrons. The number of hydrogen-bond acceptors (Lipinski definition) is 3. The minimum Gasteiger partial charge on any atom is -0.289 e. The van der Waals surface area contributed by atoms with Crippen LogP contribution in [-0.2, 0) is 14.2 Å². The van der Waals surface area contributed by atoms with Crippen LogP contribution in [0.5, 0.6) is 0 Å². The van der Waals surface area contributed by atoms with Crippen LogP contribution in [0.25, 0.3) is 0 Å². The maximum atomic E-state index is 10.0. The molecule has 0 aromatic carbocycles. The largest absolute Gasteiger partial charge is 0.692 e. The number of carbonyl (C=O) groups excluding carboxylic acids is 2. The fourth-order valence-corrected chi connectivity index (χ4v) is 0.356. The number of nitrogens with one attached hydrogen (secondary N) is 1. The van der Waals surface area contributed by atoms with E-state index in [4.69, 9.17) is 14.4 Å². The van der Waals surface area contributed by atoms with Gasteiger partial charge in [0.15, 0.2) is 0 Å². The third-order valence-corrected chi connectivity index (χ3v) is 0.632. The number of carbonyl (C=O) groups is 2. The van der Waals surface area contributed by atoms with Crippen molar-refractivity contribution in [1.29, 1.82) is 0 Å². The van der Waals surface area contributed by atoms with Gasteiger partial charge >= 0.3 is 8.25 Å². The minimum absolute atomic E-state index is 0.329. The van der Waals surface area contributed by atoms with Crippen LogP contribution in [-0.4, -0.2) is 21.6 Å². The number of hydrogen-bond donors (Lipinski definition) is 3. The predicted molar refractivity (Wildman–Crippen MR) is 34.3 cm³/mol. The van der Waals surface area contributed by atoms with E-state index >= 15 is 0 Å². The highest BCUT2D eigenvalue weighted by Gasteiger charge is 2.06. The summed E-state index contributed by atoms with van der Waals surface area (Å²) in [5.41, 5.74) is 0. The third kappa shape index (κ3) is 6.79. The van der Waals surface area contributed by atoms with Crippen LogP contribution >= 0.6 is 8.25 Å². The van der Waals surface area contributed by atoms with Gasteiger partial charge in [0, 0.05) is 16.7 Å². The molecule has 0 spiro atoms. The lowest BCUT2D eigenvalue weighted by atomic mass is 10.6. The van der Waals surface area contributed by atoms with Gasteiger partial charge in [0.05, 0.1) is 0 Å². The molecule has 11 heavy (non-hydrogen) atoms. The second kappa shape index (κ2) is 4.68. The zero-order valence-electron chi connectivity index (χ0n) is 5.22. The monoisotopic (exact) mass is 178 g/mol. The molecule has 6 nitrogen and oxygen atoms in total.